The number of nitrogens with zero attached hydrogens (tertiary/aromatic N) is 2. The number of amides is 1. The van der Waals surface area contributed by atoms with Crippen LogP contribution in [0.15, 0.2) is 6.20 Å². The third kappa shape index (κ3) is 5.18. The van der Waals surface area contributed by atoms with E-state index in [2.05, 4.69) is 10.4 Å². The molecule has 0 fully saturated rings. The van der Waals surface area contributed by atoms with E-state index in [0.717, 1.165) is 6.26 Å². The molecule has 2 N–H and O–H groups in total. The van der Waals surface area contributed by atoms with Crippen molar-refractivity contribution in [3.63, 3.8) is 0 Å². The highest BCUT2D eigenvalue weighted by Crippen LogP contribution is 2.08. The molecule has 1 aromatic heterocycles. The Kier molecular flexibility index (Phi) is 5.47. The van der Waals surface area contributed by atoms with Gasteiger partial charge in [-0.1, -0.05) is 6.92 Å². The number of nitrogens with one attached hydrogen (secondary N) is 1. The fourth-order valence-corrected chi connectivity index (χ4v) is 2.47. The lowest BCUT2D eigenvalue weighted by Crippen LogP contribution is -2.42. The number of hydrogen-bond donors (Lipinski definition) is 2. The van der Waals surface area contributed by atoms with E-state index < -0.39 is 27.8 Å². The summed E-state index contributed by atoms with van der Waals surface area (Å²) >= 11 is 0. The van der Waals surface area contributed by atoms with Gasteiger partial charge in [0, 0.05) is 19.5 Å². The average molecular weight is 317 g/mol. The first-order valence-electron chi connectivity index (χ1n) is 6.38. The van der Waals surface area contributed by atoms with Gasteiger partial charge in [0.15, 0.2) is 0 Å². The van der Waals surface area contributed by atoms with Crippen molar-refractivity contribution in [2.75, 3.05) is 12.0 Å². The van der Waals surface area contributed by atoms with E-state index in [4.69, 9.17) is 5.11 Å². The second kappa shape index (κ2) is 6.70. The van der Waals surface area contributed by atoms with Crippen molar-refractivity contribution in [1.82, 2.24) is 15.1 Å². The number of aromatic nitrogens is 2. The third-order valence-electron chi connectivity index (χ3n) is 2.87. The lowest BCUT2D eigenvalue weighted by Gasteiger charge is -2.13. The summed E-state index contributed by atoms with van der Waals surface area (Å²) in [5, 5.41) is 15.5. The molecule has 1 amide bonds. The normalized spacial score (nSPS) is 12.9. The maximum absolute atomic E-state index is 12.1. The topological polar surface area (TPSA) is 118 Å². The molecule has 0 aliphatic heterocycles. The van der Waals surface area contributed by atoms with Crippen LogP contribution in [0, 0.1) is 0 Å². The fourth-order valence-electron chi connectivity index (χ4n) is 1.81. The molecule has 1 unspecified atom stereocenters. The van der Waals surface area contributed by atoms with E-state index >= 15 is 0 Å². The Hall–Kier alpha value is -1.90. The van der Waals surface area contributed by atoms with Crippen LogP contribution in [0.25, 0.3) is 0 Å². The molecule has 0 saturated heterocycles. The van der Waals surface area contributed by atoms with Crippen molar-refractivity contribution < 1.29 is 23.1 Å². The summed E-state index contributed by atoms with van der Waals surface area (Å²) < 4.78 is 23.7. The van der Waals surface area contributed by atoms with Crippen LogP contribution in [-0.2, 0) is 28.1 Å². The predicted octanol–water partition coefficient (Wildman–Crippen LogP) is -0.400. The Balaban J connectivity index is 2.83. The zero-order valence-electron chi connectivity index (χ0n) is 12.2. The molecule has 0 radical (unpaired) electrons. The number of carboxylic acid groups (broad SMARTS) is 1. The summed E-state index contributed by atoms with van der Waals surface area (Å²) in [6, 6.07) is -1.25. The lowest BCUT2D eigenvalue weighted by molar-refractivity contribution is -0.139. The monoisotopic (exact) mass is 317 g/mol. The Morgan fingerprint density at radius 2 is 2.10 bits per heavy atom. The van der Waals surface area contributed by atoms with Crippen LogP contribution in [0.5, 0.6) is 0 Å². The molecule has 9 heteroatoms. The minimum atomic E-state index is -3.29. The van der Waals surface area contributed by atoms with Crippen molar-refractivity contribution in [3.8, 4) is 0 Å². The van der Waals surface area contributed by atoms with E-state index in [1.54, 1.807) is 7.05 Å². The van der Waals surface area contributed by atoms with E-state index in [0.29, 0.717) is 17.7 Å². The van der Waals surface area contributed by atoms with Gasteiger partial charge in [0.25, 0.3) is 5.91 Å². The second-order valence-electron chi connectivity index (χ2n) is 4.80. The van der Waals surface area contributed by atoms with Crippen molar-refractivity contribution in [3.05, 3.63) is 17.5 Å². The number of aryl methyl sites for hydroxylation is 2. The van der Waals surface area contributed by atoms with E-state index in [9.17, 15) is 18.0 Å². The van der Waals surface area contributed by atoms with Gasteiger partial charge in [-0.05, 0) is 12.8 Å². The number of carboxylic acids is 1. The van der Waals surface area contributed by atoms with Crippen LogP contribution in [-0.4, -0.2) is 53.2 Å². The lowest BCUT2D eigenvalue weighted by atomic mass is 10.1. The SMILES string of the molecule is CCc1nn(C)cc1C(=O)NC(CCS(C)(=O)=O)C(=O)O. The zero-order chi connectivity index (χ0) is 16.2. The zero-order valence-corrected chi connectivity index (χ0v) is 13.0. The molecule has 1 heterocycles. The number of hydrogen-bond acceptors (Lipinski definition) is 5. The molecule has 0 aliphatic carbocycles. The average Bonchev–Trinajstić information content (AvgIpc) is 2.74. The summed E-state index contributed by atoms with van der Waals surface area (Å²) in [6.07, 6.45) is 2.87. The highest BCUT2D eigenvalue weighted by atomic mass is 32.2. The summed E-state index contributed by atoms with van der Waals surface area (Å²) in [5.74, 6) is -2.15. The van der Waals surface area contributed by atoms with Gasteiger partial charge in [0.2, 0.25) is 0 Å². The molecular weight excluding hydrogens is 298 g/mol. The maximum Gasteiger partial charge on any atom is 0.326 e. The van der Waals surface area contributed by atoms with Gasteiger partial charge in [0.05, 0.1) is 17.0 Å². The van der Waals surface area contributed by atoms with Crippen LogP contribution in [0.1, 0.15) is 29.4 Å². The van der Waals surface area contributed by atoms with Crippen LogP contribution >= 0.6 is 0 Å². The molecule has 0 bridgehead atoms. The quantitative estimate of drug-likeness (QED) is 0.706. The highest BCUT2D eigenvalue weighted by molar-refractivity contribution is 7.90. The first-order valence-corrected chi connectivity index (χ1v) is 8.44. The molecule has 0 saturated carbocycles. The Bertz CT molecular complexity index is 635. The van der Waals surface area contributed by atoms with Crippen LogP contribution < -0.4 is 5.32 Å². The first-order chi connectivity index (χ1) is 9.64. The van der Waals surface area contributed by atoms with Crippen molar-refractivity contribution in [2.24, 2.45) is 7.05 Å². The number of sulfone groups is 1. The molecule has 0 aliphatic rings. The molecule has 1 aromatic rings. The fraction of sp³-hybridized carbons (Fsp3) is 0.583. The largest absolute Gasteiger partial charge is 0.480 e. The number of aliphatic carboxylic acids is 1. The molecule has 1 rings (SSSR count). The number of rotatable bonds is 7. The third-order valence-corrected chi connectivity index (χ3v) is 3.84. The second-order valence-corrected chi connectivity index (χ2v) is 7.06. The maximum atomic E-state index is 12.1. The predicted molar refractivity (Wildman–Crippen MR) is 75.8 cm³/mol. The molecule has 1 atom stereocenters. The smallest absolute Gasteiger partial charge is 0.326 e. The Labute approximate surface area is 123 Å². The first kappa shape index (κ1) is 17.2. The summed E-state index contributed by atoms with van der Waals surface area (Å²) in [4.78, 5) is 23.2. The molecule has 21 heavy (non-hydrogen) atoms. The van der Waals surface area contributed by atoms with Gasteiger partial charge in [0.1, 0.15) is 15.9 Å². The molecule has 8 nitrogen and oxygen atoms in total. The van der Waals surface area contributed by atoms with Crippen LogP contribution in [0.3, 0.4) is 0 Å². The summed E-state index contributed by atoms with van der Waals surface area (Å²) in [5.41, 5.74) is 0.854. The van der Waals surface area contributed by atoms with E-state index in [1.165, 1.54) is 10.9 Å². The molecule has 118 valence electrons. The Morgan fingerprint density at radius 3 is 2.57 bits per heavy atom. The molecule has 0 aromatic carbocycles. The van der Waals surface area contributed by atoms with Crippen molar-refractivity contribution in [2.45, 2.75) is 25.8 Å². The van der Waals surface area contributed by atoms with E-state index in [1.807, 2.05) is 6.92 Å². The van der Waals surface area contributed by atoms with Gasteiger partial charge in [-0.15, -0.1) is 0 Å². The summed E-state index contributed by atoms with van der Waals surface area (Å²) in [7, 11) is -1.63. The van der Waals surface area contributed by atoms with Gasteiger partial charge in [-0.2, -0.15) is 5.10 Å². The minimum absolute atomic E-state index is 0.179. The number of carbonyl (C=O) groups excluding carboxylic acids is 1. The molecule has 0 spiro atoms. The standard InChI is InChI=1S/C12H19N3O5S/c1-4-9-8(7-15(2)14-9)11(16)13-10(12(17)18)5-6-21(3,19)20/h7,10H,4-6H2,1-3H3,(H,13,16)(H,17,18). The van der Waals surface area contributed by atoms with Gasteiger partial charge >= 0.3 is 5.97 Å². The number of carbonyl (C=O) groups is 2. The van der Waals surface area contributed by atoms with E-state index in [-0.39, 0.29) is 12.2 Å². The van der Waals surface area contributed by atoms with Gasteiger partial charge < -0.3 is 10.4 Å². The molecular formula is C12H19N3O5S. The van der Waals surface area contributed by atoms with Crippen LogP contribution in [0.4, 0.5) is 0 Å². The summed E-state index contributed by atoms with van der Waals surface area (Å²) in [6.45, 7) is 1.83. The van der Waals surface area contributed by atoms with Crippen molar-refractivity contribution in [1.29, 1.82) is 0 Å². The highest BCUT2D eigenvalue weighted by Gasteiger charge is 2.24. The van der Waals surface area contributed by atoms with Gasteiger partial charge in [-0.25, -0.2) is 13.2 Å². The van der Waals surface area contributed by atoms with Crippen LogP contribution in [0.2, 0.25) is 0 Å². The Morgan fingerprint density at radius 1 is 1.48 bits per heavy atom. The minimum Gasteiger partial charge on any atom is -0.480 e. The van der Waals surface area contributed by atoms with Crippen molar-refractivity contribution >= 4 is 21.7 Å². The van der Waals surface area contributed by atoms with Gasteiger partial charge in [-0.3, -0.25) is 9.48 Å².